The van der Waals surface area contributed by atoms with Crippen LogP contribution >= 0.6 is 0 Å². The van der Waals surface area contributed by atoms with Gasteiger partial charge in [-0.2, -0.15) is 0 Å². The quantitative estimate of drug-likeness (QED) is 0.874. The Morgan fingerprint density at radius 1 is 1.35 bits per heavy atom. The van der Waals surface area contributed by atoms with E-state index in [1.54, 1.807) is 6.07 Å². The number of rotatable bonds is 4. The molecule has 3 nitrogen and oxygen atoms in total. The summed E-state index contributed by atoms with van der Waals surface area (Å²) in [4.78, 5) is 11.4. The van der Waals surface area contributed by atoms with Crippen molar-refractivity contribution in [1.29, 1.82) is 0 Å². The van der Waals surface area contributed by atoms with Gasteiger partial charge in [0.05, 0.1) is 5.56 Å². The summed E-state index contributed by atoms with van der Waals surface area (Å²) in [6.07, 6.45) is 5.46. The van der Waals surface area contributed by atoms with Gasteiger partial charge >= 0.3 is 5.97 Å². The van der Waals surface area contributed by atoms with Crippen molar-refractivity contribution in [2.75, 3.05) is 5.32 Å². The highest BCUT2D eigenvalue weighted by molar-refractivity contribution is 5.94. The van der Waals surface area contributed by atoms with Crippen LogP contribution in [0.5, 0.6) is 0 Å². The molecule has 0 aromatic heterocycles. The van der Waals surface area contributed by atoms with E-state index in [9.17, 15) is 9.90 Å². The molecule has 2 bridgehead atoms. The number of benzene rings is 1. The molecule has 0 radical (unpaired) electrons. The summed E-state index contributed by atoms with van der Waals surface area (Å²) < 4.78 is 0. The highest BCUT2D eigenvalue weighted by atomic mass is 16.4. The minimum absolute atomic E-state index is 0.353. The Morgan fingerprint density at radius 2 is 2.15 bits per heavy atom. The molecule has 2 fully saturated rings. The van der Waals surface area contributed by atoms with E-state index in [4.69, 9.17) is 0 Å². The Hall–Kier alpha value is -1.51. The van der Waals surface area contributed by atoms with Crippen LogP contribution in [0.4, 0.5) is 5.69 Å². The fraction of sp³-hybridized carbons (Fsp3) is 0.588. The van der Waals surface area contributed by atoms with Crippen molar-refractivity contribution in [3.63, 3.8) is 0 Å². The van der Waals surface area contributed by atoms with Gasteiger partial charge in [-0.15, -0.1) is 0 Å². The van der Waals surface area contributed by atoms with Crippen LogP contribution in [-0.2, 0) is 0 Å². The lowest BCUT2D eigenvalue weighted by Gasteiger charge is -2.29. The monoisotopic (exact) mass is 273 g/mol. The van der Waals surface area contributed by atoms with Crippen molar-refractivity contribution in [3.05, 3.63) is 29.3 Å². The Kier molecular flexibility index (Phi) is 3.45. The number of carbonyl (C=O) groups is 1. The summed E-state index contributed by atoms with van der Waals surface area (Å²) in [6.45, 7) is 4.13. The number of aromatic carboxylic acids is 1. The number of hydrogen-bond acceptors (Lipinski definition) is 2. The average Bonchev–Trinajstić information content (AvgIpc) is 3.03. The number of nitrogens with one attached hydrogen (secondary N) is 1. The fourth-order valence-corrected chi connectivity index (χ4v) is 4.22. The van der Waals surface area contributed by atoms with E-state index in [0.29, 0.717) is 17.5 Å². The van der Waals surface area contributed by atoms with Crippen LogP contribution in [-0.4, -0.2) is 17.1 Å². The maximum Gasteiger partial charge on any atom is 0.337 e. The number of aryl methyl sites for hydroxylation is 1. The Labute approximate surface area is 120 Å². The Balaban J connectivity index is 1.76. The smallest absolute Gasteiger partial charge is 0.337 e. The van der Waals surface area contributed by atoms with Gasteiger partial charge in [0.1, 0.15) is 0 Å². The van der Waals surface area contributed by atoms with Crippen molar-refractivity contribution < 1.29 is 9.90 Å². The number of anilines is 1. The molecule has 108 valence electrons. The summed E-state index contributed by atoms with van der Waals surface area (Å²) in [6, 6.07) is 5.98. The average molecular weight is 273 g/mol. The standard InChI is InChI=1S/C17H23NO2/c1-10-3-6-16(15(7-10)17(19)20)18-11(2)14-9-12-4-5-13(14)8-12/h3,6-7,11-14,18H,4-5,8-9H2,1-2H3,(H,19,20). The molecule has 2 aliphatic rings. The SMILES string of the molecule is Cc1ccc(NC(C)C2CC3CCC2C3)c(C(=O)O)c1. The van der Waals surface area contributed by atoms with E-state index in [1.807, 2.05) is 19.1 Å². The summed E-state index contributed by atoms with van der Waals surface area (Å²) in [5.74, 6) is 1.63. The molecule has 4 atom stereocenters. The van der Waals surface area contributed by atoms with E-state index >= 15 is 0 Å². The topological polar surface area (TPSA) is 49.3 Å². The molecule has 2 N–H and O–H groups in total. The van der Waals surface area contributed by atoms with Crippen LogP contribution in [0.2, 0.25) is 0 Å². The van der Waals surface area contributed by atoms with Gasteiger partial charge in [0.15, 0.2) is 0 Å². The van der Waals surface area contributed by atoms with Crippen LogP contribution in [0.3, 0.4) is 0 Å². The van der Waals surface area contributed by atoms with E-state index in [0.717, 1.165) is 23.1 Å². The van der Waals surface area contributed by atoms with Gasteiger partial charge in [0, 0.05) is 11.7 Å². The molecular formula is C17H23NO2. The Morgan fingerprint density at radius 3 is 2.75 bits per heavy atom. The fourth-order valence-electron chi connectivity index (χ4n) is 4.22. The summed E-state index contributed by atoms with van der Waals surface area (Å²) in [7, 11) is 0. The first-order valence-electron chi connectivity index (χ1n) is 7.65. The molecule has 1 aromatic rings. The van der Waals surface area contributed by atoms with Crippen molar-refractivity contribution in [3.8, 4) is 0 Å². The number of fused-ring (bicyclic) bond motifs is 2. The largest absolute Gasteiger partial charge is 0.478 e. The van der Waals surface area contributed by atoms with Crippen LogP contribution in [0.15, 0.2) is 18.2 Å². The summed E-state index contributed by atoms with van der Waals surface area (Å²) in [5.41, 5.74) is 2.14. The zero-order valence-corrected chi connectivity index (χ0v) is 12.2. The highest BCUT2D eigenvalue weighted by Gasteiger charge is 2.41. The molecule has 0 heterocycles. The predicted molar refractivity (Wildman–Crippen MR) is 80.2 cm³/mol. The lowest BCUT2D eigenvalue weighted by atomic mass is 9.84. The molecule has 2 aliphatic carbocycles. The molecule has 0 saturated heterocycles. The molecular weight excluding hydrogens is 250 g/mol. The van der Waals surface area contributed by atoms with Gasteiger partial charge < -0.3 is 10.4 Å². The van der Waals surface area contributed by atoms with Gasteiger partial charge in [-0.05, 0) is 63.0 Å². The summed E-state index contributed by atoms with van der Waals surface area (Å²) in [5, 5.41) is 12.8. The second kappa shape index (κ2) is 5.12. The maximum absolute atomic E-state index is 11.4. The van der Waals surface area contributed by atoms with Gasteiger partial charge in [0.25, 0.3) is 0 Å². The van der Waals surface area contributed by atoms with Gasteiger partial charge in [0.2, 0.25) is 0 Å². The van der Waals surface area contributed by atoms with Crippen LogP contribution in [0.1, 0.15) is 48.5 Å². The predicted octanol–water partition coefficient (Wildman–Crippen LogP) is 3.93. The minimum atomic E-state index is -0.851. The second-order valence-corrected chi connectivity index (χ2v) is 6.63. The molecule has 4 unspecified atom stereocenters. The van der Waals surface area contributed by atoms with Gasteiger partial charge in [-0.25, -0.2) is 4.79 Å². The zero-order chi connectivity index (χ0) is 14.3. The number of carboxylic acids is 1. The van der Waals surface area contributed by atoms with E-state index in [2.05, 4.69) is 12.2 Å². The lowest BCUT2D eigenvalue weighted by molar-refractivity contribution is 0.0697. The zero-order valence-electron chi connectivity index (χ0n) is 12.2. The van der Waals surface area contributed by atoms with Crippen molar-refractivity contribution >= 4 is 11.7 Å². The van der Waals surface area contributed by atoms with Crippen molar-refractivity contribution in [2.45, 2.75) is 45.6 Å². The summed E-state index contributed by atoms with van der Waals surface area (Å²) >= 11 is 0. The molecule has 0 amide bonds. The lowest BCUT2D eigenvalue weighted by Crippen LogP contribution is -2.30. The maximum atomic E-state index is 11.4. The molecule has 2 saturated carbocycles. The molecule has 3 heteroatoms. The third-order valence-corrected chi connectivity index (χ3v) is 5.22. The first-order valence-corrected chi connectivity index (χ1v) is 7.65. The second-order valence-electron chi connectivity index (χ2n) is 6.63. The third-order valence-electron chi connectivity index (χ3n) is 5.22. The van der Waals surface area contributed by atoms with Crippen LogP contribution in [0, 0.1) is 24.7 Å². The number of hydrogen-bond donors (Lipinski definition) is 2. The number of carboxylic acid groups (broad SMARTS) is 1. The van der Waals surface area contributed by atoms with Crippen molar-refractivity contribution in [1.82, 2.24) is 0 Å². The molecule has 20 heavy (non-hydrogen) atoms. The molecule has 3 rings (SSSR count). The first kappa shape index (κ1) is 13.5. The van der Waals surface area contributed by atoms with Gasteiger partial charge in [-0.1, -0.05) is 18.1 Å². The Bertz CT molecular complexity index is 526. The normalized spacial score (nSPS) is 29.4. The van der Waals surface area contributed by atoms with E-state index in [1.165, 1.54) is 25.7 Å². The van der Waals surface area contributed by atoms with Crippen LogP contribution in [0.25, 0.3) is 0 Å². The van der Waals surface area contributed by atoms with Gasteiger partial charge in [-0.3, -0.25) is 0 Å². The molecule has 0 spiro atoms. The first-order chi connectivity index (χ1) is 9.54. The highest BCUT2D eigenvalue weighted by Crippen LogP contribution is 2.49. The van der Waals surface area contributed by atoms with E-state index < -0.39 is 5.97 Å². The van der Waals surface area contributed by atoms with Crippen molar-refractivity contribution in [2.24, 2.45) is 17.8 Å². The molecule has 1 aromatic carbocycles. The third kappa shape index (κ3) is 2.41. The minimum Gasteiger partial charge on any atom is -0.478 e. The van der Waals surface area contributed by atoms with Crippen LogP contribution < -0.4 is 5.32 Å². The van der Waals surface area contributed by atoms with E-state index in [-0.39, 0.29) is 0 Å². The molecule has 0 aliphatic heterocycles.